The van der Waals surface area contributed by atoms with Crippen LogP contribution in [0.5, 0.6) is 0 Å². The molecule has 0 saturated carbocycles. The van der Waals surface area contributed by atoms with Gasteiger partial charge >= 0.3 is 5.97 Å². The lowest BCUT2D eigenvalue weighted by atomic mass is 10.0. The first-order valence-corrected chi connectivity index (χ1v) is 14.9. The summed E-state index contributed by atoms with van der Waals surface area (Å²) in [6.07, 6.45) is 30.1. The number of unbranched alkanes of at least 4 members (excludes halogenated alkanes) is 20. The number of aliphatic hydroxyl groups excluding tert-OH is 1. The van der Waals surface area contributed by atoms with Gasteiger partial charge in [-0.3, -0.25) is 4.79 Å². The van der Waals surface area contributed by atoms with Gasteiger partial charge in [-0.2, -0.15) is 0 Å². The highest BCUT2D eigenvalue weighted by molar-refractivity contribution is 5.69. The van der Waals surface area contributed by atoms with E-state index in [0.29, 0.717) is 19.6 Å². The third kappa shape index (κ3) is 29.4. The van der Waals surface area contributed by atoms with E-state index in [1.165, 1.54) is 128 Å². The number of hydrogen-bond acceptors (Lipinski definition) is 3. The number of rotatable bonds is 27. The van der Waals surface area contributed by atoms with Crippen LogP contribution < -0.4 is 0 Å². The minimum Gasteiger partial charge on any atom is -0.466 e. The maximum absolute atomic E-state index is 11.8. The number of hydrogen-bond donors (Lipinski definition) is 1. The van der Waals surface area contributed by atoms with E-state index in [1.54, 1.807) is 0 Å². The van der Waals surface area contributed by atoms with Crippen LogP contribution in [0.25, 0.3) is 0 Å². The largest absolute Gasteiger partial charge is 0.466 e. The molecule has 0 atom stereocenters. The van der Waals surface area contributed by atoms with Gasteiger partial charge < -0.3 is 9.84 Å². The standard InChI is InChI=1S/C30H60O3/c1-29(2)25-21-17-13-12-16-20-24-28-33-30(32)26-22-18-14-10-8-6-4-3-5-7-9-11-15-19-23-27-31/h29,31H,3-28H2,1-2H3. The normalized spacial score (nSPS) is 11.4. The van der Waals surface area contributed by atoms with Crippen molar-refractivity contribution in [1.82, 2.24) is 0 Å². The molecule has 0 aromatic rings. The molecule has 3 heteroatoms. The molecule has 0 rings (SSSR count). The molecule has 0 aromatic carbocycles. The van der Waals surface area contributed by atoms with Crippen molar-refractivity contribution >= 4 is 5.97 Å². The summed E-state index contributed by atoms with van der Waals surface area (Å²) in [6, 6.07) is 0. The molecular weight excluding hydrogens is 408 g/mol. The smallest absolute Gasteiger partial charge is 0.305 e. The van der Waals surface area contributed by atoms with E-state index in [1.807, 2.05) is 0 Å². The first-order chi connectivity index (χ1) is 16.2. The highest BCUT2D eigenvalue weighted by Gasteiger charge is 2.03. The third-order valence-corrected chi connectivity index (χ3v) is 6.73. The number of aliphatic hydroxyl groups is 1. The molecule has 33 heavy (non-hydrogen) atoms. The summed E-state index contributed by atoms with van der Waals surface area (Å²) >= 11 is 0. The van der Waals surface area contributed by atoms with Gasteiger partial charge in [-0.05, 0) is 25.2 Å². The van der Waals surface area contributed by atoms with E-state index < -0.39 is 0 Å². The monoisotopic (exact) mass is 468 g/mol. The SMILES string of the molecule is CC(C)CCCCCCCCCOC(=O)CCCCCCCCCCCCCCCCCO. The van der Waals surface area contributed by atoms with E-state index in [9.17, 15) is 4.79 Å². The van der Waals surface area contributed by atoms with Crippen LogP contribution in [0.1, 0.15) is 168 Å². The van der Waals surface area contributed by atoms with Gasteiger partial charge in [0.05, 0.1) is 6.61 Å². The summed E-state index contributed by atoms with van der Waals surface area (Å²) in [6.45, 7) is 5.58. The third-order valence-electron chi connectivity index (χ3n) is 6.73. The van der Waals surface area contributed by atoms with Crippen molar-refractivity contribution in [3.05, 3.63) is 0 Å². The van der Waals surface area contributed by atoms with Crippen LogP contribution >= 0.6 is 0 Å². The van der Waals surface area contributed by atoms with Crippen molar-refractivity contribution in [2.24, 2.45) is 5.92 Å². The summed E-state index contributed by atoms with van der Waals surface area (Å²) in [5.41, 5.74) is 0. The van der Waals surface area contributed by atoms with Gasteiger partial charge in [0, 0.05) is 13.0 Å². The molecule has 0 aliphatic heterocycles. The van der Waals surface area contributed by atoms with Crippen LogP contribution in [0.15, 0.2) is 0 Å². The summed E-state index contributed by atoms with van der Waals surface area (Å²) in [5, 5.41) is 8.76. The van der Waals surface area contributed by atoms with Crippen molar-refractivity contribution in [3.8, 4) is 0 Å². The van der Waals surface area contributed by atoms with Crippen molar-refractivity contribution in [2.45, 2.75) is 168 Å². The molecule has 0 radical (unpaired) electrons. The molecule has 0 spiro atoms. The maximum atomic E-state index is 11.8. The molecule has 0 bridgehead atoms. The average Bonchev–Trinajstić information content (AvgIpc) is 2.79. The summed E-state index contributed by atoms with van der Waals surface area (Å²) in [5.74, 6) is 0.853. The molecule has 0 heterocycles. The molecule has 198 valence electrons. The van der Waals surface area contributed by atoms with E-state index >= 15 is 0 Å². The van der Waals surface area contributed by atoms with E-state index in [4.69, 9.17) is 9.84 Å². The van der Waals surface area contributed by atoms with Gasteiger partial charge in [-0.1, -0.05) is 142 Å². The highest BCUT2D eigenvalue weighted by atomic mass is 16.5. The van der Waals surface area contributed by atoms with E-state index in [-0.39, 0.29) is 5.97 Å². The molecule has 0 unspecified atom stereocenters. The Morgan fingerprint density at radius 1 is 0.545 bits per heavy atom. The van der Waals surface area contributed by atoms with Crippen LogP contribution in [-0.2, 0) is 9.53 Å². The Morgan fingerprint density at radius 2 is 0.909 bits per heavy atom. The molecule has 3 nitrogen and oxygen atoms in total. The van der Waals surface area contributed by atoms with Crippen molar-refractivity contribution in [1.29, 1.82) is 0 Å². The zero-order valence-corrected chi connectivity index (χ0v) is 22.7. The van der Waals surface area contributed by atoms with Gasteiger partial charge in [0.2, 0.25) is 0 Å². The van der Waals surface area contributed by atoms with Crippen LogP contribution in [0.3, 0.4) is 0 Å². The van der Waals surface area contributed by atoms with E-state index in [2.05, 4.69) is 13.8 Å². The fraction of sp³-hybridized carbons (Fsp3) is 0.967. The minimum absolute atomic E-state index is 0.0112. The lowest BCUT2D eigenvalue weighted by Crippen LogP contribution is -2.05. The van der Waals surface area contributed by atoms with E-state index in [0.717, 1.165) is 25.2 Å². The molecule has 0 aliphatic carbocycles. The van der Waals surface area contributed by atoms with Crippen molar-refractivity contribution in [3.63, 3.8) is 0 Å². The molecule has 1 N–H and O–H groups in total. The predicted octanol–water partition coefficient (Wildman–Crippen LogP) is 9.54. The Kier molecular flexibility index (Phi) is 27.2. The number of carbonyl (C=O) groups excluding carboxylic acids is 1. The van der Waals surface area contributed by atoms with Crippen LogP contribution in [-0.4, -0.2) is 24.3 Å². The molecule has 0 fully saturated rings. The van der Waals surface area contributed by atoms with Gasteiger partial charge in [-0.15, -0.1) is 0 Å². The number of ether oxygens (including phenoxy) is 1. The zero-order chi connectivity index (χ0) is 24.2. The molecule has 0 aromatic heterocycles. The Bertz CT molecular complexity index is 381. The molecule has 0 saturated heterocycles. The Balaban J connectivity index is 3.14. The first-order valence-electron chi connectivity index (χ1n) is 14.9. The Hall–Kier alpha value is -0.570. The number of carbonyl (C=O) groups is 1. The quantitative estimate of drug-likeness (QED) is 0.0964. The predicted molar refractivity (Wildman–Crippen MR) is 144 cm³/mol. The second-order valence-electron chi connectivity index (χ2n) is 10.7. The first kappa shape index (κ1) is 32.4. The lowest BCUT2D eigenvalue weighted by Gasteiger charge is -2.06. The minimum atomic E-state index is 0.0112. The van der Waals surface area contributed by atoms with Gasteiger partial charge in [-0.25, -0.2) is 0 Å². The van der Waals surface area contributed by atoms with Gasteiger partial charge in [0.1, 0.15) is 0 Å². The second-order valence-corrected chi connectivity index (χ2v) is 10.7. The van der Waals surface area contributed by atoms with Crippen LogP contribution in [0, 0.1) is 5.92 Å². The maximum Gasteiger partial charge on any atom is 0.305 e. The van der Waals surface area contributed by atoms with Crippen molar-refractivity contribution < 1.29 is 14.6 Å². The topological polar surface area (TPSA) is 46.5 Å². The summed E-state index contributed by atoms with van der Waals surface area (Å²) < 4.78 is 5.39. The zero-order valence-electron chi connectivity index (χ0n) is 22.7. The summed E-state index contributed by atoms with van der Waals surface area (Å²) in [4.78, 5) is 11.8. The number of esters is 1. The summed E-state index contributed by atoms with van der Waals surface area (Å²) in [7, 11) is 0. The lowest BCUT2D eigenvalue weighted by molar-refractivity contribution is -0.143. The average molecular weight is 469 g/mol. The fourth-order valence-corrected chi connectivity index (χ4v) is 4.48. The Labute approximate surface area is 207 Å². The highest BCUT2D eigenvalue weighted by Crippen LogP contribution is 2.14. The molecule has 0 amide bonds. The fourth-order valence-electron chi connectivity index (χ4n) is 4.48. The molecule has 0 aliphatic rings. The second kappa shape index (κ2) is 27.7. The van der Waals surface area contributed by atoms with Crippen molar-refractivity contribution in [2.75, 3.05) is 13.2 Å². The molecular formula is C30H60O3. The Morgan fingerprint density at radius 3 is 1.33 bits per heavy atom. The van der Waals surface area contributed by atoms with Gasteiger partial charge in [0.15, 0.2) is 0 Å². The van der Waals surface area contributed by atoms with Crippen LogP contribution in [0.2, 0.25) is 0 Å². The van der Waals surface area contributed by atoms with Gasteiger partial charge in [0.25, 0.3) is 0 Å². The van der Waals surface area contributed by atoms with Crippen LogP contribution in [0.4, 0.5) is 0 Å².